The molecule has 2 rings (SSSR count). The zero-order chi connectivity index (χ0) is 13.1. The fourth-order valence-electron chi connectivity index (χ4n) is 1.80. The van der Waals surface area contributed by atoms with E-state index in [4.69, 9.17) is 4.74 Å². The van der Waals surface area contributed by atoms with Gasteiger partial charge in [-0.05, 0) is 19.1 Å². The zero-order valence-electron chi connectivity index (χ0n) is 10.6. The number of hydrogen-bond acceptors (Lipinski definition) is 4. The molecule has 0 unspecified atom stereocenters. The normalized spacial score (nSPS) is 10.4. The maximum atomic E-state index is 12.7. The molecule has 0 radical (unpaired) electrons. The van der Waals surface area contributed by atoms with Gasteiger partial charge in [0.1, 0.15) is 11.6 Å². The fourth-order valence-corrected chi connectivity index (χ4v) is 1.80. The summed E-state index contributed by atoms with van der Waals surface area (Å²) in [5.41, 5.74) is 1.86. The van der Waals surface area contributed by atoms with Crippen LogP contribution in [0.1, 0.15) is 11.3 Å². The molecule has 0 aliphatic heterocycles. The van der Waals surface area contributed by atoms with Crippen LogP contribution in [0.25, 0.3) is 0 Å². The quantitative estimate of drug-likeness (QED) is 0.900. The molecule has 2 heterocycles. The van der Waals surface area contributed by atoms with Crippen LogP contribution < -0.4 is 10.1 Å². The molecule has 0 saturated heterocycles. The summed E-state index contributed by atoms with van der Waals surface area (Å²) in [6, 6.07) is 2.95. The number of pyridine rings is 1. The first-order valence-electron chi connectivity index (χ1n) is 5.53. The number of aryl methyl sites for hydroxylation is 2. The summed E-state index contributed by atoms with van der Waals surface area (Å²) in [6.45, 7) is 2.44. The van der Waals surface area contributed by atoms with E-state index >= 15 is 0 Å². The Hall–Kier alpha value is -2.11. The fraction of sp³-hybridized carbons (Fsp3) is 0.333. The van der Waals surface area contributed by atoms with Gasteiger partial charge in [-0.15, -0.1) is 0 Å². The summed E-state index contributed by atoms with van der Waals surface area (Å²) in [7, 11) is 3.43. The van der Waals surface area contributed by atoms with Crippen molar-refractivity contribution in [2.24, 2.45) is 7.05 Å². The Balaban J connectivity index is 2.12. The molecular formula is C12H15FN4O. The average molecular weight is 250 g/mol. The van der Waals surface area contributed by atoms with E-state index < -0.39 is 0 Å². The van der Waals surface area contributed by atoms with E-state index in [2.05, 4.69) is 15.4 Å². The van der Waals surface area contributed by atoms with Crippen molar-refractivity contribution in [3.8, 4) is 5.88 Å². The van der Waals surface area contributed by atoms with Crippen LogP contribution >= 0.6 is 0 Å². The Bertz CT molecular complexity index is 536. The minimum Gasteiger partial charge on any atom is -0.481 e. The molecule has 0 amide bonds. The molecule has 96 valence electrons. The lowest BCUT2D eigenvalue weighted by Gasteiger charge is -2.07. The number of methoxy groups -OCH3 is 1. The van der Waals surface area contributed by atoms with Crippen LogP contribution in [0.15, 0.2) is 18.3 Å². The van der Waals surface area contributed by atoms with E-state index in [0.717, 1.165) is 11.3 Å². The van der Waals surface area contributed by atoms with E-state index in [-0.39, 0.29) is 5.82 Å². The highest BCUT2D eigenvalue weighted by Crippen LogP contribution is 2.21. The Morgan fingerprint density at radius 2 is 2.22 bits per heavy atom. The highest BCUT2D eigenvalue weighted by atomic mass is 19.1. The van der Waals surface area contributed by atoms with Gasteiger partial charge in [-0.25, -0.2) is 14.1 Å². The number of halogens is 1. The lowest BCUT2D eigenvalue weighted by Crippen LogP contribution is -2.04. The van der Waals surface area contributed by atoms with Gasteiger partial charge in [0.25, 0.3) is 0 Å². The summed E-state index contributed by atoms with van der Waals surface area (Å²) in [4.78, 5) is 3.93. The van der Waals surface area contributed by atoms with Crippen LogP contribution in [0.3, 0.4) is 0 Å². The standard InChI is InChI=1S/C12H15FN4O/c1-8-10(12(18-3)17(2)16-8)7-15-11-5-4-9(13)6-14-11/h4-6H,7H2,1-3H3,(H,14,15). The maximum absolute atomic E-state index is 12.7. The second kappa shape index (κ2) is 5.03. The van der Waals surface area contributed by atoms with E-state index in [1.54, 1.807) is 17.9 Å². The third-order valence-electron chi connectivity index (χ3n) is 2.66. The predicted molar refractivity (Wildman–Crippen MR) is 66.0 cm³/mol. The number of anilines is 1. The number of hydrogen-bond donors (Lipinski definition) is 1. The first-order chi connectivity index (χ1) is 8.61. The SMILES string of the molecule is COc1c(CNc2ccc(F)cn2)c(C)nn1C. The molecule has 0 bridgehead atoms. The molecule has 0 fully saturated rings. The second-order valence-electron chi connectivity index (χ2n) is 3.91. The van der Waals surface area contributed by atoms with Crippen molar-refractivity contribution in [3.63, 3.8) is 0 Å². The van der Waals surface area contributed by atoms with Crippen molar-refractivity contribution in [2.45, 2.75) is 13.5 Å². The number of aromatic nitrogens is 3. The lowest BCUT2D eigenvalue weighted by atomic mass is 10.2. The van der Waals surface area contributed by atoms with Crippen molar-refractivity contribution in [3.05, 3.63) is 35.4 Å². The molecule has 2 aromatic heterocycles. The van der Waals surface area contributed by atoms with Crippen molar-refractivity contribution in [1.82, 2.24) is 14.8 Å². The third kappa shape index (κ3) is 2.42. The van der Waals surface area contributed by atoms with Gasteiger partial charge in [-0.3, -0.25) is 0 Å². The highest BCUT2D eigenvalue weighted by Gasteiger charge is 2.13. The van der Waals surface area contributed by atoms with Gasteiger partial charge in [0.2, 0.25) is 5.88 Å². The Morgan fingerprint density at radius 1 is 1.44 bits per heavy atom. The Kier molecular flexibility index (Phi) is 3.45. The van der Waals surface area contributed by atoms with E-state index in [1.165, 1.54) is 12.3 Å². The number of rotatable bonds is 4. The van der Waals surface area contributed by atoms with Gasteiger partial charge in [0, 0.05) is 13.6 Å². The second-order valence-corrected chi connectivity index (χ2v) is 3.91. The van der Waals surface area contributed by atoms with Gasteiger partial charge in [-0.2, -0.15) is 5.10 Å². The van der Waals surface area contributed by atoms with Gasteiger partial charge >= 0.3 is 0 Å². The van der Waals surface area contributed by atoms with Crippen LogP contribution in [0, 0.1) is 12.7 Å². The Morgan fingerprint density at radius 3 is 2.83 bits per heavy atom. The minimum absolute atomic E-state index is 0.351. The maximum Gasteiger partial charge on any atom is 0.216 e. The molecule has 0 spiro atoms. The van der Waals surface area contributed by atoms with Gasteiger partial charge in [0.15, 0.2) is 0 Å². The topological polar surface area (TPSA) is 52.0 Å². The molecule has 0 atom stereocenters. The summed E-state index contributed by atoms with van der Waals surface area (Å²) in [5, 5.41) is 7.39. The molecular weight excluding hydrogens is 235 g/mol. The van der Waals surface area contributed by atoms with Crippen molar-refractivity contribution in [1.29, 1.82) is 0 Å². The lowest BCUT2D eigenvalue weighted by molar-refractivity contribution is 0.370. The average Bonchev–Trinajstić information content (AvgIpc) is 2.62. The first-order valence-corrected chi connectivity index (χ1v) is 5.53. The number of nitrogens with one attached hydrogen (secondary N) is 1. The third-order valence-corrected chi connectivity index (χ3v) is 2.66. The van der Waals surface area contributed by atoms with E-state index in [1.807, 2.05) is 14.0 Å². The van der Waals surface area contributed by atoms with Crippen molar-refractivity contribution >= 4 is 5.82 Å². The van der Waals surface area contributed by atoms with E-state index in [0.29, 0.717) is 18.2 Å². The monoisotopic (exact) mass is 250 g/mol. The highest BCUT2D eigenvalue weighted by molar-refractivity contribution is 5.39. The molecule has 18 heavy (non-hydrogen) atoms. The molecule has 5 nitrogen and oxygen atoms in total. The van der Waals surface area contributed by atoms with Crippen LogP contribution in [0.5, 0.6) is 5.88 Å². The minimum atomic E-state index is -0.351. The predicted octanol–water partition coefficient (Wildman–Crippen LogP) is 1.88. The Labute approximate surface area is 105 Å². The molecule has 0 aliphatic rings. The molecule has 0 aromatic carbocycles. The number of nitrogens with zero attached hydrogens (tertiary/aromatic N) is 3. The molecule has 2 aromatic rings. The van der Waals surface area contributed by atoms with Crippen molar-refractivity contribution < 1.29 is 9.13 Å². The van der Waals surface area contributed by atoms with E-state index in [9.17, 15) is 4.39 Å². The summed E-state index contributed by atoms with van der Waals surface area (Å²) in [5.74, 6) is 0.972. The van der Waals surface area contributed by atoms with Crippen LogP contribution in [0.2, 0.25) is 0 Å². The van der Waals surface area contributed by atoms with Crippen LogP contribution in [-0.2, 0) is 13.6 Å². The van der Waals surface area contributed by atoms with Crippen molar-refractivity contribution in [2.75, 3.05) is 12.4 Å². The molecule has 1 N–H and O–H groups in total. The zero-order valence-corrected chi connectivity index (χ0v) is 10.6. The van der Waals surface area contributed by atoms with Gasteiger partial charge in [-0.1, -0.05) is 0 Å². The molecule has 0 aliphatic carbocycles. The van der Waals surface area contributed by atoms with Crippen LogP contribution in [0.4, 0.5) is 10.2 Å². The smallest absolute Gasteiger partial charge is 0.216 e. The summed E-state index contributed by atoms with van der Waals surface area (Å²) >= 11 is 0. The van der Waals surface area contributed by atoms with Gasteiger partial charge in [0.05, 0.1) is 24.6 Å². The molecule has 6 heteroatoms. The first kappa shape index (κ1) is 12.3. The largest absolute Gasteiger partial charge is 0.481 e. The number of ether oxygens (including phenoxy) is 1. The summed E-state index contributed by atoms with van der Waals surface area (Å²) < 4.78 is 19.7. The summed E-state index contributed by atoms with van der Waals surface area (Å²) in [6.07, 6.45) is 1.18. The molecule has 0 saturated carbocycles. The van der Waals surface area contributed by atoms with Crippen LogP contribution in [-0.4, -0.2) is 21.9 Å². The van der Waals surface area contributed by atoms with Gasteiger partial charge < -0.3 is 10.1 Å².